The zero-order valence-corrected chi connectivity index (χ0v) is 13.6. The molecule has 0 aliphatic heterocycles. The van der Waals surface area contributed by atoms with Crippen molar-refractivity contribution in [1.29, 1.82) is 5.26 Å². The number of fused-ring (bicyclic) bond motifs is 1. The zero-order chi connectivity index (χ0) is 17.4. The van der Waals surface area contributed by atoms with Crippen LogP contribution in [0.1, 0.15) is 5.56 Å². The molecule has 0 aliphatic carbocycles. The van der Waals surface area contributed by atoms with Gasteiger partial charge >= 0.3 is 0 Å². The molecule has 25 heavy (non-hydrogen) atoms. The highest BCUT2D eigenvalue weighted by molar-refractivity contribution is 6.29. The third-order valence-electron chi connectivity index (χ3n) is 3.96. The molecule has 120 valence electrons. The van der Waals surface area contributed by atoms with Crippen molar-refractivity contribution in [1.82, 2.24) is 14.5 Å². The lowest BCUT2D eigenvalue weighted by Gasteiger charge is -2.09. The average Bonchev–Trinajstić information content (AvgIpc) is 3.07. The average molecular weight is 349 g/mol. The monoisotopic (exact) mass is 348 g/mol. The topological polar surface area (TPSA) is 54.5 Å². The van der Waals surface area contributed by atoms with Crippen LogP contribution < -0.4 is 0 Å². The van der Waals surface area contributed by atoms with Crippen molar-refractivity contribution < 1.29 is 4.39 Å². The van der Waals surface area contributed by atoms with Gasteiger partial charge in [0.1, 0.15) is 6.33 Å². The highest BCUT2D eigenvalue weighted by Crippen LogP contribution is 2.28. The van der Waals surface area contributed by atoms with Gasteiger partial charge in [0.05, 0.1) is 22.7 Å². The molecule has 0 aliphatic rings. The molecule has 4 rings (SSSR count). The van der Waals surface area contributed by atoms with E-state index >= 15 is 0 Å². The molecule has 0 atom stereocenters. The van der Waals surface area contributed by atoms with Crippen molar-refractivity contribution in [3.05, 3.63) is 77.6 Å². The summed E-state index contributed by atoms with van der Waals surface area (Å²) in [6, 6.07) is 16.4. The highest BCUT2D eigenvalue weighted by atomic mass is 35.5. The molecule has 4 nitrogen and oxygen atoms in total. The van der Waals surface area contributed by atoms with Gasteiger partial charge in [-0.15, -0.1) is 0 Å². The SMILES string of the molecule is N#Cc1ccc2c(c1)ncn2-c1cccc(-c2ccnc(Cl)c2F)c1. The normalized spacial score (nSPS) is 10.8. The summed E-state index contributed by atoms with van der Waals surface area (Å²) in [5.41, 5.74) is 4.05. The Morgan fingerprint density at radius 1 is 1.08 bits per heavy atom. The Morgan fingerprint density at radius 3 is 2.80 bits per heavy atom. The second-order valence-corrected chi connectivity index (χ2v) is 5.80. The number of hydrogen-bond donors (Lipinski definition) is 0. The van der Waals surface area contributed by atoms with E-state index in [4.69, 9.17) is 16.9 Å². The number of nitrogens with zero attached hydrogens (tertiary/aromatic N) is 4. The van der Waals surface area contributed by atoms with Crippen molar-refractivity contribution >= 4 is 22.6 Å². The van der Waals surface area contributed by atoms with Gasteiger partial charge in [-0.2, -0.15) is 5.26 Å². The maximum absolute atomic E-state index is 14.3. The number of hydrogen-bond acceptors (Lipinski definition) is 3. The van der Waals surface area contributed by atoms with E-state index in [2.05, 4.69) is 16.0 Å². The van der Waals surface area contributed by atoms with Crippen LogP contribution in [0.5, 0.6) is 0 Å². The summed E-state index contributed by atoms with van der Waals surface area (Å²) >= 11 is 5.78. The van der Waals surface area contributed by atoms with Gasteiger partial charge in [0.25, 0.3) is 0 Å². The molecule has 0 bridgehead atoms. The van der Waals surface area contributed by atoms with Gasteiger partial charge in [-0.25, -0.2) is 14.4 Å². The van der Waals surface area contributed by atoms with Crippen molar-refractivity contribution in [2.45, 2.75) is 0 Å². The molecule has 0 N–H and O–H groups in total. The molecule has 0 spiro atoms. The van der Waals surface area contributed by atoms with E-state index in [1.165, 1.54) is 6.20 Å². The van der Waals surface area contributed by atoms with E-state index in [9.17, 15) is 4.39 Å². The maximum atomic E-state index is 14.3. The fraction of sp³-hybridized carbons (Fsp3) is 0. The van der Waals surface area contributed by atoms with Crippen molar-refractivity contribution in [2.75, 3.05) is 0 Å². The van der Waals surface area contributed by atoms with Crippen LogP contribution in [0.4, 0.5) is 4.39 Å². The third-order valence-corrected chi connectivity index (χ3v) is 4.22. The van der Waals surface area contributed by atoms with Crippen LogP contribution >= 0.6 is 11.6 Å². The van der Waals surface area contributed by atoms with E-state index < -0.39 is 5.82 Å². The molecule has 2 aromatic heterocycles. The standard InChI is InChI=1S/C19H10ClFN4/c20-19-18(21)15(6-7-23-19)13-2-1-3-14(9-13)25-11-24-16-8-12(10-22)4-5-17(16)25/h1-9,11H. The van der Waals surface area contributed by atoms with Crippen LogP contribution in [0.15, 0.2) is 61.1 Å². The Labute approximate surface area is 147 Å². The molecular formula is C19H10ClFN4. The number of pyridine rings is 1. The Balaban J connectivity index is 1.85. The van der Waals surface area contributed by atoms with Crippen LogP contribution in [0.25, 0.3) is 27.8 Å². The zero-order valence-electron chi connectivity index (χ0n) is 12.8. The summed E-state index contributed by atoms with van der Waals surface area (Å²) in [5, 5.41) is 8.84. The number of nitriles is 1. The van der Waals surface area contributed by atoms with Crippen molar-refractivity contribution in [3.63, 3.8) is 0 Å². The van der Waals surface area contributed by atoms with Gasteiger partial charge in [0, 0.05) is 17.4 Å². The second-order valence-electron chi connectivity index (χ2n) is 5.44. The molecular weight excluding hydrogens is 339 g/mol. The molecule has 0 saturated carbocycles. The van der Waals surface area contributed by atoms with Crippen molar-refractivity contribution in [2.24, 2.45) is 0 Å². The summed E-state index contributed by atoms with van der Waals surface area (Å²) in [4.78, 5) is 8.09. The quantitative estimate of drug-likeness (QED) is 0.491. The van der Waals surface area contributed by atoms with E-state index in [1.54, 1.807) is 24.5 Å². The van der Waals surface area contributed by atoms with Crippen LogP contribution in [0.3, 0.4) is 0 Å². The molecule has 2 heterocycles. The van der Waals surface area contributed by atoms with E-state index in [1.807, 2.05) is 34.9 Å². The first kappa shape index (κ1) is 15.3. The molecule has 0 amide bonds. The Bertz CT molecular complexity index is 1140. The first-order valence-electron chi connectivity index (χ1n) is 7.45. The fourth-order valence-corrected chi connectivity index (χ4v) is 2.91. The summed E-state index contributed by atoms with van der Waals surface area (Å²) in [6.07, 6.45) is 3.16. The maximum Gasteiger partial charge on any atom is 0.168 e. The molecule has 0 radical (unpaired) electrons. The smallest absolute Gasteiger partial charge is 0.168 e. The van der Waals surface area contributed by atoms with Gasteiger partial charge in [-0.1, -0.05) is 23.7 Å². The summed E-state index contributed by atoms with van der Waals surface area (Å²) in [6.45, 7) is 0. The van der Waals surface area contributed by atoms with Gasteiger partial charge in [0.15, 0.2) is 11.0 Å². The Morgan fingerprint density at radius 2 is 1.96 bits per heavy atom. The number of imidazole rings is 1. The van der Waals surface area contributed by atoms with Crippen LogP contribution in [0, 0.1) is 17.1 Å². The number of rotatable bonds is 2. The Kier molecular flexibility index (Phi) is 3.68. The second kappa shape index (κ2) is 6.00. The number of aromatic nitrogens is 3. The Hall–Kier alpha value is -3.23. The van der Waals surface area contributed by atoms with Crippen LogP contribution in [0.2, 0.25) is 5.15 Å². The largest absolute Gasteiger partial charge is 0.299 e. The lowest BCUT2D eigenvalue weighted by molar-refractivity contribution is 0.625. The van der Waals surface area contributed by atoms with Gasteiger partial charge in [-0.3, -0.25) is 4.57 Å². The highest BCUT2D eigenvalue weighted by Gasteiger charge is 2.11. The van der Waals surface area contributed by atoms with Gasteiger partial charge in [0.2, 0.25) is 0 Å². The van der Waals surface area contributed by atoms with Crippen LogP contribution in [-0.2, 0) is 0 Å². The first-order chi connectivity index (χ1) is 12.2. The lowest BCUT2D eigenvalue weighted by atomic mass is 10.1. The molecule has 4 aromatic rings. The number of halogens is 2. The van der Waals surface area contributed by atoms with E-state index in [0.717, 1.165) is 16.7 Å². The molecule has 0 saturated heterocycles. The molecule has 2 aromatic carbocycles. The van der Waals surface area contributed by atoms with Gasteiger partial charge < -0.3 is 0 Å². The fourth-order valence-electron chi connectivity index (χ4n) is 2.75. The summed E-state index contributed by atoms with van der Waals surface area (Å²) < 4.78 is 16.1. The minimum atomic E-state index is -0.546. The minimum absolute atomic E-state index is 0.153. The van der Waals surface area contributed by atoms with E-state index in [0.29, 0.717) is 16.7 Å². The number of benzene rings is 2. The van der Waals surface area contributed by atoms with E-state index in [-0.39, 0.29) is 5.15 Å². The minimum Gasteiger partial charge on any atom is -0.299 e. The summed E-state index contributed by atoms with van der Waals surface area (Å²) in [5.74, 6) is -0.546. The first-order valence-corrected chi connectivity index (χ1v) is 7.83. The lowest BCUT2D eigenvalue weighted by Crippen LogP contribution is -1.94. The molecule has 0 fully saturated rings. The third kappa shape index (κ3) is 2.63. The van der Waals surface area contributed by atoms with Crippen LogP contribution in [-0.4, -0.2) is 14.5 Å². The molecule has 0 unspecified atom stereocenters. The van der Waals surface area contributed by atoms with Gasteiger partial charge in [-0.05, 0) is 42.0 Å². The van der Waals surface area contributed by atoms with Crippen molar-refractivity contribution in [3.8, 4) is 22.9 Å². The summed E-state index contributed by atoms with van der Waals surface area (Å²) in [7, 11) is 0. The predicted molar refractivity (Wildman–Crippen MR) is 94.0 cm³/mol. The molecule has 6 heteroatoms. The predicted octanol–water partition coefficient (Wildman–Crippen LogP) is 4.75.